The van der Waals surface area contributed by atoms with Crippen molar-refractivity contribution in [2.45, 2.75) is 24.1 Å². The van der Waals surface area contributed by atoms with Crippen LogP contribution >= 0.6 is 23.1 Å². The van der Waals surface area contributed by atoms with Gasteiger partial charge in [-0.3, -0.25) is 9.59 Å². The Morgan fingerprint density at radius 2 is 2.00 bits per heavy atom. The second kappa shape index (κ2) is 7.60. The maximum Gasteiger partial charge on any atom is 0.227 e. The molecule has 0 aromatic carbocycles. The van der Waals surface area contributed by atoms with E-state index in [1.165, 1.54) is 23.1 Å². The van der Waals surface area contributed by atoms with Crippen LogP contribution in [0.1, 0.15) is 19.8 Å². The van der Waals surface area contributed by atoms with Crippen molar-refractivity contribution in [3.8, 4) is 0 Å². The van der Waals surface area contributed by atoms with Gasteiger partial charge in [0.1, 0.15) is 0 Å². The monoisotopic (exact) mass is 329 g/mol. The highest BCUT2D eigenvalue weighted by atomic mass is 32.2. The van der Waals surface area contributed by atoms with Gasteiger partial charge in [-0.15, -0.1) is 10.2 Å². The van der Waals surface area contributed by atoms with E-state index in [0.29, 0.717) is 6.42 Å². The molecule has 1 aliphatic rings. The van der Waals surface area contributed by atoms with Crippen LogP contribution in [0.3, 0.4) is 0 Å². The van der Waals surface area contributed by atoms with Gasteiger partial charge in [0.15, 0.2) is 4.34 Å². The first-order valence-corrected chi connectivity index (χ1v) is 8.67. The van der Waals surface area contributed by atoms with Crippen LogP contribution in [0.4, 0.5) is 5.13 Å². The zero-order chi connectivity index (χ0) is 15.2. The van der Waals surface area contributed by atoms with Crippen molar-refractivity contribution in [1.82, 2.24) is 15.1 Å². The average molecular weight is 329 g/mol. The Labute approximate surface area is 131 Å². The number of amides is 2. The van der Waals surface area contributed by atoms with E-state index < -0.39 is 0 Å². The van der Waals surface area contributed by atoms with Gasteiger partial charge < -0.3 is 15.5 Å². The molecule has 1 aromatic heterocycles. The van der Waals surface area contributed by atoms with E-state index >= 15 is 0 Å². The minimum absolute atomic E-state index is 0.216. The van der Waals surface area contributed by atoms with Gasteiger partial charge in [0.25, 0.3) is 0 Å². The fourth-order valence-corrected chi connectivity index (χ4v) is 3.67. The van der Waals surface area contributed by atoms with Gasteiger partial charge >= 0.3 is 0 Å². The average Bonchev–Trinajstić information content (AvgIpc) is 2.94. The number of rotatable bonds is 6. The van der Waals surface area contributed by atoms with Crippen LogP contribution in [-0.2, 0) is 9.59 Å². The van der Waals surface area contributed by atoms with Crippen LogP contribution < -0.4 is 10.6 Å². The Morgan fingerprint density at radius 3 is 2.62 bits per heavy atom. The molecule has 0 spiro atoms. The number of piperazine rings is 1. The molecule has 2 rings (SSSR count). The number of hydrogen-bond donors (Lipinski definition) is 1. The van der Waals surface area contributed by atoms with Crippen molar-refractivity contribution in [1.29, 1.82) is 0 Å². The van der Waals surface area contributed by atoms with Gasteiger partial charge in [-0.05, 0) is 6.42 Å². The van der Waals surface area contributed by atoms with Crippen LogP contribution in [-0.4, -0.2) is 58.8 Å². The molecule has 7 nitrogen and oxygen atoms in total. The molecule has 2 heterocycles. The molecule has 0 unspecified atom stereocenters. The maximum atomic E-state index is 11.8. The highest BCUT2D eigenvalue weighted by Crippen LogP contribution is 2.28. The number of thioether (sulfide) groups is 1. The van der Waals surface area contributed by atoms with Gasteiger partial charge in [-0.25, -0.2) is 0 Å². The second-order valence-electron chi connectivity index (χ2n) is 4.72. The van der Waals surface area contributed by atoms with E-state index in [1.807, 2.05) is 11.8 Å². The molecule has 9 heteroatoms. The number of primary amides is 1. The molecular weight excluding hydrogens is 310 g/mol. The third-order valence-electron chi connectivity index (χ3n) is 3.10. The van der Waals surface area contributed by atoms with E-state index in [2.05, 4.69) is 15.1 Å². The van der Waals surface area contributed by atoms with Crippen molar-refractivity contribution in [2.75, 3.05) is 36.8 Å². The van der Waals surface area contributed by atoms with Gasteiger partial charge in [-0.2, -0.15) is 0 Å². The zero-order valence-corrected chi connectivity index (χ0v) is 13.6. The van der Waals surface area contributed by atoms with Gasteiger partial charge in [-0.1, -0.05) is 30.0 Å². The van der Waals surface area contributed by atoms with Crippen molar-refractivity contribution in [2.24, 2.45) is 5.73 Å². The minimum atomic E-state index is -0.361. The van der Waals surface area contributed by atoms with Crippen LogP contribution in [0.5, 0.6) is 0 Å². The molecule has 21 heavy (non-hydrogen) atoms. The Bertz CT molecular complexity index is 500. The smallest absolute Gasteiger partial charge is 0.227 e. The van der Waals surface area contributed by atoms with Crippen molar-refractivity contribution >= 4 is 40.0 Å². The summed E-state index contributed by atoms with van der Waals surface area (Å²) in [7, 11) is 0. The molecule has 2 N–H and O–H groups in total. The van der Waals surface area contributed by atoms with Gasteiger partial charge in [0.05, 0.1) is 5.75 Å². The lowest BCUT2D eigenvalue weighted by Crippen LogP contribution is -2.48. The lowest BCUT2D eigenvalue weighted by Gasteiger charge is -2.34. The first kappa shape index (κ1) is 16.0. The summed E-state index contributed by atoms with van der Waals surface area (Å²) >= 11 is 2.76. The molecule has 0 atom stereocenters. The van der Waals surface area contributed by atoms with E-state index in [-0.39, 0.29) is 17.6 Å². The molecule has 1 fully saturated rings. The summed E-state index contributed by atoms with van der Waals surface area (Å²) in [4.78, 5) is 26.6. The highest BCUT2D eigenvalue weighted by molar-refractivity contribution is 8.01. The number of anilines is 1. The van der Waals surface area contributed by atoms with Crippen LogP contribution in [0.25, 0.3) is 0 Å². The maximum absolute atomic E-state index is 11.8. The molecule has 0 saturated carbocycles. The number of carbonyl (C=O) groups excluding carboxylic acids is 2. The first-order valence-electron chi connectivity index (χ1n) is 6.87. The summed E-state index contributed by atoms with van der Waals surface area (Å²) in [5.74, 6) is 0.0837. The summed E-state index contributed by atoms with van der Waals surface area (Å²) < 4.78 is 0.744. The molecule has 1 aliphatic heterocycles. The third-order valence-corrected chi connectivity index (χ3v) is 5.24. The number of aromatic nitrogens is 2. The van der Waals surface area contributed by atoms with E-state index in [0.717, 1.165) is 42.1 Å². The highest BCUT2D eigenvalue weighted by Gasteiger charge is 2.22. The minimum Gasteiger partial charge on any atom is -0.369 e. The van der Waals surface area contributed by atoms with Crippen molar-refractivity contribution < 1.29 is 9.59 Å². The molecular formula is C12H19N5O2S2. The van der Waals surface area contributed by atoms with E-state index in [1.54, 1.807) is 0 Å². The predicted octanol–water partition coefficient (Wildman–Crippen LogP) is 0.564. The molecule has 0 bridgehead atoms. The van der Waals surface area contributed by atoms with Crippen LogP contribution in [0, 0.1) is 0 Å². The Hall–Kier alpha value is -1.35. The van der Waals surface area contributed by atoms with E-state index in [9.17, 15) is 9.59 Å². The fraction of sp³-hybridized carbons (Fsp3) is 0.667. The Morgan fingerprint density at radius 1 is 1.29 bits per heavy atom. The predicted molar refractivity (Wildman–Crippen MR) is 83.5 cm³/mol. The second-order valence-corrected chi connectivity index (χ2v) is 6.90. The summed E-state index contributed by atoms with van der Waals surface area (Å²) in [6, 6.07) is 0. The fourth-order valence-electron chi connectivity index (χ4n) is 2.04. The SMILES string of the molecule is CCCC(=O)N1CCN(c2nnc(SCC(N)=O)s2)CC1. The number of nitrogens with zero attached hydrogens (tertiary/aromatic N) is 4. The lowest BCUT2D eigenvalue weighted by molar-refractivity contribution is -0.131. The van der Waals surface area contributed by atoms with Crippen LogP contribution in [0.15, 0.2) is 4.34 Å². The van der Waals surface area contributed by atoms with Gasteiger partial charge in [0, 0.05) is 32.6 Å². The zero-order valence-electron chi connectivity index (χ0n) is 11.9. The van der Waals surface area contributed by atoms with Gasteiger partial charge in [0.2, 0.25) is 16.9 Å². The molecule has 0 radical (unpaired) electrons. The summed E-state index contributed by atoms with van der Waals surface area (Å²) in [5.41, 5.74) is 5.11. The molecule has 2 amide bonds. The molecule has 116 valence electrons. The number of carbonyl (C=O) groups is 2. The summed E-state index contributed by atoms with van der Waals surface area (Å²) in [6.07, 6.45) is 1.50. The third kappa shape index (κ3) is 4.57. The van der Waals surface area contributed by atoms with Crippen molar-refractivity contribution in [3.05, 3.63) is 0 Å². The summed E-state index contributed by atoms with van der Waals surface area (Å²) in [6.45, 7) is 5.00. The Kier molecular flexibility index (Phi) is 5.80. The Balaban J connectivity index is 1.84. The van der Waals surface area contributed by atoms with E-state index in [4.69, 9.17) is 5.73 Å². The van der Waals surface area contributed by atoms with Crippen molar-refractivity contribution in [3.63, 3.8) is 0 Å². The lowest BCUT2D eigenvalue weighted by atomic mass is 10.2. The topological polar surface area (TPSA) is 92.4 Å². The molecule has 1 aromatic rings. The van der Waals surface area contributed by atoms with Crippen LogP contribution in [0.2, 0.25) is 0 Å². The summed E-state index contributed by atoms with van der Waals surface area (Å²) in [5, 5.41) is 9.03. The largest absolute Gasteiger partial charge is 0.369 e. The normalized spacial score (nSPS) is 15.3. The first-order chi connectivity index (χ1) is 10.1. The standard InChI is InChI=1S/C12H19N5O2S2/c1-2-3-10(19)16-4-6-17(7-5-16)11-14-15-12(21-11)20-8-9(13)18/h2-8H2,1H3,(H2,13,18). The number of nitrogens with two attached hydrogens (primary N) is 1. The molecule has 1 saturated heterocycles. The quantitative estimate of drug-likeness (QED) is 0.767. The number of hydrogen-bond acceptors (Lipinski definition) is 7. The molecule has 0 aliphatic carbocycles.